The van der Waals surface area contributed by atoms with E-state index in [1.165, 1.54) is 0 Å². The molecule has 0 saturated carbocycles. The van der Waals surface area contributed by atoms with Crippen molar-refractivity contribution in [2.24, 2.45) is 5.73 Å². The molecule has 4 heteroatoms. The highest BCUT2D eigenvalue weighted by Gasteiger charge is 2.07. The van der Waals surface area contributed by atoms with Gasteiger partial charge in [0.05, 0.1) is 0 Å². The minimum Gasteiger partial charge on any atom is -0.324 e. The Hall–Kier alpha value is 0.240. The number of halogens is 3. The van der Waals surface area contributed by atoms with Gasteiger partial charge in [-0.2, -0.15) is 0 Å². The Bertz CT molecular complexity index is 278. The van der Waals surface area contributed by atoms with Crippen LogP contribution in [-0.4, -0.2) is 0 Å². The molecule has 0 saturated heterocycles. The van der Waals surface area contributed by atoms with Crippen LogP contribution in [0.25, 0.3) is 0 Å². The summed E-state index contributed by atoms with van der Waals surface area (Å²) < 4.78 is 0.986. The maximum Gasteiger partial charge on any atom is 0.0464 e. The van der Waals surface area contributed by atoms with Gasteiger partial charge in [-0.25, -0.2) is 0 Å². The molecule has 0 amide bonds. The molecule has 0 fully saturated rings. The first-order valence-electron chi connectivity index (χ1n) is 3.85. The molecule has 0 spiro atoms. The molecule has 1 aromatic rings. The molecular weight excluding hydrogens is 273 g/mol. The topological polar surface area (TPSA) is 26.0 Å². The van der Waals surface area contributed by atoms with Crippen molar-refractivity contribution in [1.82, 2.24) is 0 Å². The Morgan fingerprint density at radius 2 is 2.15 bits per heavy atom. The van der Waals surface area contributed by atoms with Crippen LogP contribution < -0.4 is 5.73 Å². The zero-order valence-corrected chi connectivity index (χ0v) is 10.4. The van der Waals surface area contributed by atoms with E-state index in [2.05, 4.69) is 15.9 Å². The lowest BCUT2D eigenvalue weighted by Gasteiger charge is -2.10. The number of hydrogen-bond acceptors (Lipinski definition) is 1. The van der Waals surface area contributed by atoms with E-state index in [-0.39, 0.29) is 18.4 Å². The molecule has 2 N–H and O–H groups in total. The fraction of sp³-hybridized carbons (Fsp3) is 0.333. The number of benzene rings is 1. The standard InChI is InChI=1S/C9H11BrClN.ClH/c1-2-9(12)7-4-3-6(10)5-8(7)11;/h3-5,9H,2,12H2,1H3;1H/t9-;/m1./s1. The molecule has 0 heterocycles. The minimum absolute atomic E-state index is 0. The summed E-state index contributed by atoms with van der Waals surface area (Å²) in [6, 6.07) is 5.83. The molecule has 1 atom stereocenters. The van der Waals surface area contributed by atoms with Gasteiger partial charge in [-0.15, -0.1) is 12.4 Å². The van der Waals surface area contributed by atoms with Gasteiger partial charge in [0.15, 0.2) is 0 Å². The van der Waals surface area contributed by atoms with E-state index >= 15 is 0 Å². The monoisotopic (exact) mass is 283 g/mol. The molecule has 0 aliphatic rings. The van der Waals surface area contributed by atoms with Crippen LogP contribution in [-0.2, 0) is 0 Å². The summed E-state index contributed by atoms with van der Waals surface area (Å²) in [4.78, 5) is 0. The van der Waals surface area contributed by atoms with E-state index in [1.54, 1.807) is 0 Å². The van der Waals surface area contributed by atoms with E-state index < -0.39 is 0 Å². The lowest BCUT2D eigenvalue weighted by Crippen LogP contribution is -2.08. The summed E-state index contributed by atoms with van der Waals surface area (Å²) in [6.07, 6.45) is 0.904. The van der Waals surface area contributed by atoms with E-state index in [0.29, 0.717) is 0 Å². The van der Waals surface area contributed by atoms with Crippen LogP contribution in [0.1, 0.15) is 24.9 Å². The molecule has 1 aromatic carbocycles. The third kappa shape index (κ3) is 3.47. The number of hydrogen-bond donors (Lipinski definition) is 1. The third-order valence-corrected chi connectivity index (χ3v) is 2.62. The average molecular weight is 285 g/mol. The fourth-order valence-corrected chi connectivity index (χ4v) is 1.84. The first kappa shape index (κ1) is 13.2. The molecule has 0 aliphatic heterocycles. The summed E-state index contributed by atoms with van der Waals surface area (Å²) in [5, 5.41) is 0.735. The Morgan fingerprint density at radius 3 is 2.62 bits per heavy atom. The summed E-state index contributed by atoms with van der Waals surface area (Å²) in [5.41, 5.74) is 6.86. The molecule has 0 aromatic heterocycles. The predicted molar refractivity (Wildman–Crippen MR) is 63.6 cm³/mol. The first-order chi connectivity index (χ1) is 5.65. The maximum absolute atomic E-state index is 5.99. The Kier molecular flexibility index (Phi) is 5.97. The minimum atomic E-state index is 0. The molecule has 1 nitrogen and oxygen atoms in total. The highest BCUT2D eigenvalue weighted by Crippen LogP contribution is 2.26. The maximum atomic E-state index is 5.99. The van der Waals surface area contributed by atoms with Crippen molar-refractivity contribution in [3.63, 3.8) is 0 Å². The second-order valence-electron chi connectivity index (χ2n) is 2.68. The molecule has 74 valence electrons. The molecule has 13 heavy (non-hydrogen) atoms. The van der Waals surface area contributed by atoms with E-state index in [1.807, 2.05) is 25.1 Å². The SMILES string of the molecule is CC[C@@H](N)c1ccc(Br)cc1Cl.Cl. The second-order valence-corrected chi connectivity index (χ2v) is 4.00. The molecule has 1 rings (SSSR count). The van der Waals surface area contributed by atoms with Crippen molar-refractivity contribution in [2.45, 2.75) is 19.4 Å². The van der Waals surface area contributed by atoms with Gasteiger partial charge in [-0.1, -0.05) is 40.5 Å². The summed E-state index contributed by atoms with van der Waals surface area (Å²) in [7, 11) is 0. The van der Waals surface area contributed by atoms with Crippen LogP contribution in [0.3, 0.4) is 0 Å². The number of nitrogens with two attached hydrogens (primary N) is 1. The Labute approximate surface area is 98.2 Å². The molecule has 0 bridgehead atoms. The lowest BCUT2D eigenvalue weighted by atomic mass is 10.1. The van der Waals surface area contributed by atoms with Crippen LogP contribution >= 0.6 is 39.9 Å². The Balaban J connectivity index is 0.00000144. The molecular formula is C9H12BrCl2N. The van der Waals surface area contributed by atoms with Crippen molar-refractivity contribution in [2.75, 3.05) is 0 Å². The van der Waals surface area contributed by atoms with Crippen molar-refractivity contribution in [1.29, 1.82) is 0 Å². The highest BCUT2D eigenvalue weighted by atomic mass is 79.9. The quantitative estimate of drug-likeness (QED) is 0.875. The zero-order valence-electron chi connectivity index (χ0n) is 7.26. The molecule has 0 unspecified atom stereocenters. The van der Waals surface area contributed by atoms with E-state index in [4.69, 9.17) is 17.3 Å². The smallest absolute Gasteiger partial charge is 0.0464 e. The van der Waals surface area contributed by atoms with E-state index in [0.717, 1.165) is 21.5 Å². The first-order valence-corrected chi connectivity index (χ1v) is 5.02. The van der Waals surface area contributed by atoms with Crippen LogP contribution in [0.4, 0.5) is 0 Å². The van der Waals surface area contributed by atoms with Crippen molar-refractivity contribution >= 4 is 39.9 Å². The largest absolute Gasteiger partial charge is 0.324 e. The van der Waals surface area contributed by atoms with Crippen molar-refractivity contribution in [3.8, 4) is 0 Å². The molecule has 0 aliphatic carbocycles. The van der Waals surface area contributed by atoms with Gasteiger partial charge in [0.2, 0.25) is 0 Å². The summed E-state index contributed by atoms with van der Waals surface area (Å²) >= 11 is 9.34. The van der Waals surface area contributed by atoms with Gasteiger partial charge in [-0.3, -0.25) is 0 Å². The summed E-state index contributed by atoms with van der Waals surface area (Å²) in [5.74, 6) is 0. The zero-order chi connectivity index (χ0) is 9.14. The van der Waals surface area contributed by atoms with Crippen molar-refractivity contribution < 1.29 is 0 Å². The lowest BCUT2D eigenvalue weighted by molar-refractivity contribution is 0.699. The van der Waals surface area contributed by atoms with Crippen LogP contribution in [0.2, 0.25) is 5.02 Å². The van der Waals surface area contributed by atoms with Gasteiger partial charge < -0.3 is 5.73 Å². The van der Waals surface area contributed by atoms with Crippen molar-refractivity contribution in [3.05, 3.63) is 33.3 Å². The predicted octanol–water partition coefficient (Wildman–Crippen LogP) is 3.93. The third-order valence-electron chi connectivity index (χ3n) is 1.80. The summed E-state index contributed by atoms with van der Waals surface area (Å²) in [6.45, 7) is 2.04. The fourth-order valence-electron chi connectivity index (χ4n) is 1.02. The van der Waals surface area contributed by atoms with Gasteiger partial charge in [0, 0.05) is 15.5 Å². The highest BCUT2D eigenvalue weighted by molar-refractivity contribution is 9.10. The number of rotatable bonds is 2. The van der Waals surface area contributed by atoms with Gasteiger partial charge in [-0.05, 0) is 24.1 Å². The van der Waals surface area contributed by atoms with Crippen LogP contribution in [0, 0.1) is 0 Å². The Morgan fingerprint density at radius 1 is 1.54 bits per heavy atom. The van der Waals surface area contributed by atoms with Crippen LogP contribution in [0.5, 0.6) is 0 Å². The molecule has 0 radical (unpaired) electrons. The normalized spacial score (nSPS) is 12.0. The van der Waals surface area contributed by atoms with Gasteiger partial charge in [0.1, 0.15) is 0 Å². The average Bonchev–Trinajstić information content (AvgIpc) is 2.03. The van der Waals surface area contributed by atoms with E-state index in [9.17, 15) is 0 Å². The van der Waals surface area contributed by atoms with Crippen LogP contribution in [0.15, 0.2) is 22.7 Å². The second kappa shape index (κ2) is 5.86. The van der Waals surface area contributed by atoms with Gasteiger partial charge in [0.25, 0.3) is 0 Å². The van der Waals surface area contributed by atoms with Gasteiger partial charge >= 0.3 is 0 Å².